The maximum absolute atomic E-state index is 13.3. The zero-order valence-corrected chi connectivity index (χ0v) is 18.5. The highest BCUT2D eigenvalue weighted by Crippen LogP contribution is 2.30. The number of amides is 1. The molecule has 2 aromatic carbocycles. The van der Waals surface area contributed by atoms with Gasteiger partial charge in [0.05, 0.1) is 20.9 Å². The first-order valence-corrected chi connectivity index (χ1v) is 11.9. The molecule has 0 radical (unpaired) electrons. The van der Waals surface area contributed by atoms with Crippen molar-refractivity contribution in [1.29, 1.82) is 0 Å². The van der Waals surface area contributed by atoms with Crippen LogP contribution in [0.1, 0.15) is 23.7 Å². The molecule has 6 nitrogen and oxygen atoms in total. The minimum atomic E-state index is -3.38. The number of hydrogen-bond donors (Lipinski definition) is 0. The second-order valence-corrected chi connectivity index (χ2v) is 10.3. The fourth-order valence-corrected chi connectivity index (χ4v) is 4.87. The van der Waals surface area contributed by atoms with E-state index < -0.39 is 9.84 Å². The van der Waals surface area contributed by atoms with Crippen LogP contribution in [0.4, 0.5) is 5.13 Å². The first-order chi connectivity index (χ1) is 13.8. The van der Waals surface area contributed by atoms with Crippen LogP contribution in [0.3, 0.4) is 0 Å². The molecule has 0 aliphatic rings. The minimum absolute atomic E-state index is 0.00490. The van der Waals surface area contributed by atoms with Crippen molar-refractivity contribution in [3.63, 3.8) is 0 Å². The Morgan fingerprint density at radius 1 is 1.07 bits per heavy atom. The summed E-state index contributed by atoms with van der Waals surface area (Å²) in [5.41, 5.74) is 1.20. The Balaban J connectivity index is 1.97. The number of nitrogens with zero attached hydrogens (tertiary/aromatic N) is 3. The lowest BCUT2D eigenvalue weighted by Crippen LogP contribution is -2.33. The maximum atomic E-state index is 13.3. The second-order valence-electron chi connectivity index (χ2n) is 7.01. The van der Waals surface area contributed by atoms with E-state index in [0.29, 0.717) is 17.2 Å². The van der Waals surface area contributed by atoms with E-state index in [1.165, 1.54) is 23.5 Å². The van der Waals surface area contributed by atoms with Gasteiger partial charge in [0, 0.05) is 12.1 Å². The standard InChI is InChI=1S/C21H25N3O3S2/c1-4-29(26,27)17-10-7-9-16(15-17)20(25)24(14-8-13-23(2)3)21-22-18-11-5-6-12-19(18)28-21/h5-7,9-12,15H,4,8,13-14H2,1-3H3. The molecule has 0 aliphatic carbocycles. The van der Waals surface area contributed by atoms with Crippen LogP contribution in [0.25, 0.3) is 10.2 Å². The Morgan fingerprint density at radius 3 is 2.52 bits per heavy atom. The molecule has 0 N–H and O–H groups in total. The summed E-state index contributed by atoms with van der Waals surface area (Å²) in [4.78, 5) is 21.9. The van der Waals surface area contributed by atoms with Gasteiger partial charge in [-0.15, -0.1) is 0 Å². The van der Waals surface area contributed by atoms with Gasteiger partial charge in [-0.1, -0.05) is 36.5 Å². The first kappa shape index (κ1) is 21.4. The van der Waals surface area contributed by atoms with Crippen molar-refractivity contribution in [2.45, 2.75) is 18.2 Å². The van der Waals surface area contributed by atoms with Crippen molar-refractivity contribution in [1.82, 2.24) is 9.88 Å². The molecule has 3 aromatic rings. The second kappa shape index (κ2) is 9.02. The fraction of sp³-hybridized carbons (Fsp3) is 0.333. The van der Waals surface area contributed by atoms with Gasteiger partial charge < -0.3 is 4.90 Å². The molecule has 0 fully saturated rings. The molecule has 0 bridgehead atoms. The van der Waals surface area contributed by atoms with E-state index in [1.54, 1.807) is 24.0 Å². The number of para-hydroxylation sites is 1. The fourth-order valence-electron chi connectivity index (χ4n) is 2.95. The monoisotopic (exact) mass is 431 g/mol. The SMILES string of the molecule is CCS(=O)(=O)c1cccc(C(=O)N(CCCN(C)C)c2nc3ccccc3s2)c1. The summed E-state index contributed by atoms with van der Waals surface area (Å²) in [6, 6.07) is 14.0. The van der Waals surface area contributed by atoms with Gasteiger partial charge in [0.1, 0.15) is 0 Å². The summed E-state index contributed by atoms with van der Waals surface area (Å²) in [6.07, 6.45) is 0.779. The van der Waals surface area contributed by atoms with Crippen molar-refractivity contribution in [2.75, 3.05) is 37.8 Å². The predicted octanol–water partition coefficient (Wildman–Crippen LogP) is 3.69. The Labute approximate surface area is 175 Å². The van der Waals surface area contributed by atoms with Crippen LogP contribution in [0, 0.1) is 0 Å². The largest absolute Gasteiger partial charge is 0.309 e. The van der Waals surface area contributed by atoms with Gasteiger partial charge in [0.2, 0.25) is 0 Å². The zero-order valence-electron chi connectivity index (χ0n) is 16.8. The van der Waals surface area contributed by atoms with Gasteiger partial charge in [-0.2, -0.15) is 0 Å². The van der Waals surface area contributed by atoms with E-state index in [1.807, 2.05) is 38.4 Å². The molecule has 1 amide bonds. The molecule has 0 unspecified atom stereocenters. The quantitative estimate of drug-likeness (QED) is 0.544. The summed E-state index contributed by atoms with van der Waals surface area (Å²) < 4.78 is 25.5. The topological polar surface area (TPSA) is 70.6 Å². The average Bonchev–Trinajstić information content (AvgIpc) is 3.14. The van der Waals surface area contributed by atoms with E-state index in [-0.39, 0.29) is 16.6 Å². The van der Waals surface area contributed by atoms with E-state index in [2.05, 4.69) is 9.88 Å². The number of hydrogen-bond acceptors (Lipinski definition) is 6. The van der Waals surface area contributed by atoms with Crippen molar-refractivity contribution in [3.8, 4) is 0 Å². The number of rotatable bonds is 8. The number of sulfone groups is 1. The highest BCUT2D eigenvalue weighted by atomic mass is 32.2. The Hall–Kier alpha value is -2.29. The van der Waals surface area contributed by atoms with E-state index in [4.69, 9.17) is 0 Å². The van der Waals surface area contributed by atoms with Crippen molar-refractivity contribution >= 4 is 42.4 Å². The van der Waals surface area contributed by atoms with E-state index in [9.17, 15) is 13.2 Å². The number of aromatic nitrogens is 1. The summed E-state index contributed by atoms with van der Waals surface area (Å²) in [6.45, 7) is 2.93. The molecule has 29 heavy (non-hydrogen) atoms. The van der Waals surface area contributed by atoms with Crippen LogP contribution < -0.4 is 4.90 Å². The van der Waals surface area contributed by atoms with Crippen LogP contribution >= 0.6 is 11.3 Å². The van der Waals surface area contributed by atoms with Gasteiger partial charge >= 0.3 is 0 Å². The third kappa shape index (κ3) is 5.01. The van der Waals surface area contributed by atoms with Gasteiger partial charge in [0.25, 0.3) is 5.91 Å². The molecule has 3 rings (SSSR count). The molecule has 0 atom stereocenters. The molecule has 0 aliphatic heterocycles. The van der Waals surface area contributed by atoms with Gasteiger partial charge in [-0.3, -0.25) is 9.69 Å². The number of benzene rings is 2. The van der Waals surface area contributed by atoms with Crippen molar-refractivity contribution in [3.05, 3.63) is 54.1 Å². The number of carbonyl (C=O) groups excluding carboxylic acids is 1. The molecule has 154 valence electrons. The first-order valence-electron chi connectivity index (χ1n) is 9.47. The van der Waals surface area contributed by atoms with E-state index in [0.717, 1.165) is 23.2 Å². The van der Waals surface area contributed by atoms with Gasteiger partial charge in [0.15, 0.2) is 15.0 Å². The minimum Gasteiger partial charge on any atom is -0.309 e. The Kier molecular flexibility index (Phi) is 6.66. The number of anilines is 1. The number of fused-ring (bicyclic) bond motifs is 1. The smallest absolute Gasteiger partial charge is 0.260 e. The Morgan fingerprint density at radius 2 is 1.83 bits per heavy atom. The van der Waals surface area contributed by atoms with Crippen molar-refractivity contribution < 1.29 is 13.2 Å². The number of thiazole rings is 1. The third-order valence-corrected chi connectivity index (χ3v) is 7.36. The lowest BCUT2D eigenvalue weighted by atomic mass is 10.2. The van der Waals surface area contributed by atoms with Crippen LogP contribution in [0.15, 0.2) is 53.4 Å². The van der Waals surface area contributed by atoms with Crippen molar-refractivity contribution in [2.24, 2.45) is 0 Å². The summed E-state index contributed by atoms with van der Waals surface area (Å²) in [5, 5.41) is 0.624. The molecule has 0 spiro atoms. The summed E-state index contributed by atoms with van der Waals surface area (Å²) >= 11 is 1.46. The van der Waals surface area contributed by atoms with Gasteiger partial charge in [-0.25, -0.2) is 13.4 Å². The van der Waals surface area contributed by atoms with Crippen LogP contribution in [-0.2, 0) is 9.84 Å². The average molecular weight is 432 g/mol. The molecule has 8 heteroatoms. The Bertz CT molecular complexity index is 1070. The highest BCUT2D eigenvalue weighted by Gasteiger charge is 2.22. The van der Waals surface area contributed by atoms with Gasteiger partial charge in [-0.05, 0) is 57.4 Å². The maximum Gasteiger partial charge on any atom is 0.260 e. The zero-order chi connectivity index (χ0) is 21.0. The molecule has 0 saturated carbocycles. The van der Waals surface area contributed by atoms with E-state index >= 15 is 0 Å². The lowest BCUT2D eigenvalue weighted by Gasteiger charge is -2.21. The van der Waals surface area contributed by atoms with Crippen LogP contribution in [0.2, 0.25) is 0 Å². The van der Waals surface area contributed by atoms with Crippen LogP contribution in [-0.4, -0.2) is 57.1 Å². The summed E-state index contributed by atoms with van der Waals surface area (Å²) in [7, 11) is 0.594. The lowest BCUT2D eigenvalue weighted by molar-refractivity contribution is 0.0986. The third-order valence-electron chi connectivity index (χ3n) is 4.57. The normalized spacial score (nSPS) is 11.9. The predicted molar refractivity (Wildman–Crippen MR) is 119 cm³/mol. The highest BCUT2D eigenvalue weighted by molar-refractivity contribution is 7.91. The molecular formula is C21H25N3O3S2. The molecular weight excluding hydrogens is 406 g/mol. The number of carbonyl (C=O) groups is 1. The molecule has 0 saturated heterocycles. The molecule has 1 aromatic heterocycles. The molecule has 1 heterocycles. The summed E-state index contributed by atoms with van der Waals surface area (Å²) in [5.74, 6) is -0.245. The van der Waals surface area contributed by atoms with Crippen LogP contribution in [0.5, 0.6) is 0 Å².